The lowest BCUT2D eigenvalue weighted by Crippen LogP contribution is -2.47. The molecule has 1 saturated heterocycles. The summed E-state index contributed by atoms with van der Waals surface area (Å²) in [5.74, 6) is -0.188. The molecule has 24 heavy (non-hydrogen) atoms. The number of ether oxygens (including phenoxy) is 1. The van der Waals surface area contributed by atoms with Gasteiger partial charge in [0, 0.05) is 25.0 Å². The second-order valence-corrected chi connectivity index (χ2v) is 6.82. The minimum atomic E-state index is -0.126. The quantitative estimate of drug-likeness (QED) is 0.845. The maximum Gasteiger partial charge on any atom is 0.317 e. The van der Waals surface area contributed by atoms with Crippen LogP contribution in [-0.4, -0.2) is 43.1 Å². The van der Waals surface area contributed by atoms with Crippen molar-refractivity contribution < 1.29 is 14.3 Å². The van der Waals surface area contributed by atoms with Gasteiger partial charge >= 0.3 is 12.0 Å². The van der Waals surface area contributed by atoms with E-state index in [2.05, 4.69) is 29.6 Å². The molecule has 2 fully saturated rings. The summed E-state index contributed by atoms with van der Waals surface area (Å²) in [4.78, 5) is 26.0. The number of benzene rings is 1. The lowest BCUT2D eigenvalue weighted by Gasteiger charge is -2.31. The van der Waals surface area contributed by atoms with Gasteiger partial charge in [0.2, 0.25) is 0 Å². The first-order chi connectivity index (χ1) is 11.6. The molecule has 1 heterocycles. The fourth-order valence-corrected chi connectivity index (χ4v) is 3.45. The van der Waals surface area contributed by atoms with Crippen molar-refractivity contribution in [1.29, 1.82) is 0 Å². The lowest BCUT2D eigenvalue weighted by atomic mass is 9.96. The van der Waals surface area contributed by atoms with Gasteiger partial charge in [-0.05, 0) is 38.2 Å². The Kier molecular flexibility index (Phi) is 5.07. The summed E-state index contributed by atoms with van der Waals surface area (Å²) in [7, 11) is 0. The number of nitrogens with one attached hydrogen (secondary N) is 1. The van der Waals surface area contributed by atoms with Crippen molar-refractivity contribution >= 4 is 12.0 Å². The Morgan fingerprint density at radius 1 is 1.21 bits per heavy atom. The SMILES string of the molecule is CCOC(=O)C1CCN(C(=O)NCC2(c3ccccc3)CC2)CC1. The molecular formula is C19H26N2O3. The van der Waals surface area contributed by atoms with Crippen molar-refractivity contribution in [2.75, 3.05) is 26.2 Å². The molecule has 0 bridgehead atoms. The summed E-state index contributed by atoms with van der Waals surface area (Å²) in [5, 5.41) is 3.09. The number of urea groups is 1. The van der Waals surface area contributed by atoms with E-state index in [0.717, 1.165) is 12.8 Å². The van der Waals surface area contributed by atoms with Crippen molar-refractivity contribution in [3.05, 3.63) is 35.9 Å². The number of likely N-dealkylation sites (tertiary alicyclic amines) is 1. The minimum absolute atomic E-state index is 0.0143. The van der Waals surface area contributed by atoms with Crippen molar-refractivity contribution in [2.24, 2.45) is 5.92 Å². The van der Waals surface area contributed by atoms with Gasteiger partial charge in [0.25, 0.3) is 0 Å². The lowest BCUT2D eigenvalue weighted by molar-refractivity contribution is -0.149. The van der Waals surface area contributed by atoms with E-state index >= 15 is 0 Å². The summed E-state index contributed by atoms with van der Waals surface area (Å²) >= 11 is 0. The van der Waals surface area contributed by atoms with Gasteiger partial charge in [0.15, 0.2) is 0 Å². The van der Waals surface area contributed by atoms with Crippen LogP contribution in [0, 0.1) is 5.92 Å². The molecule has 0 aromatic heterocycles. The maximum absolute atomic E-state index is 12.4. The number of carbonyl (C=O) groups excluding carboxylic acids is 2. The zero-order valence-corrected chi connectivity index (χ0v) is 14.3. The first kappa shape index (κ1) is 16.8. The van der Waals surface area contributed by atoms with Gasteiger partial charge in [-0.15, -0.1) is 0 Å². The molecule has 130 valence electrons. The number of carbonyl (C=O) groups is 2. The molecule has 1 aromatic carbocycles. The molecule has 0 radical (unpaired) electrons. The van der Waals surface area contributed by atoms with Crippen molar-refractivity contribution in [1.82, 2.24) is 10.2 Å². The van der Waals surface area contributed by atoms with Crippen LogP contribution in [0.3, 0.4) is 0 Å². The van der Waals surface area contributed by atoms with Crippen molar-refractivity contribution in [2.45, 2.75) is 38.0 Å². The maximum atomic E-state index is 12.4. The molecule has 1 saturated carbocycles. The number of rotatable bonds is 5. The highest BCUT2D eigenvalue weighted by molar-refractivity contribution is 5.76. The number of hydrogen-bond donors (Lipinski definition) is 1. The van der Waals surface area contributed by atoms with Crippen LogP contribution in [0.4, 0.5) is 4.79 Å². The zero-order valence-electron chi connectivity index (χ0n) is 14.3. The molecule has 1 aliphatic carbocycles. The summed E-state index contributed by atoms with van der Waals surface area (Å²) in [5.41, 5.74) is 1.44. The largest absolute Gasteiger partial charge is 0.466 e. The molecule has 1 aliphatic heterocycles. The van der Waals surface area contributed by atoms with Gasteiger partial charge in [-0.25, -0.2) is 4.79 Å². The Balaban J connectivity index is 1.46. The number of amides is 2. The molecule has 1 aromatic rings. The van der Waals surface area contributed by atoms with E-state index in [0.29, 0.717) is 39.1 Å². The first-order valence-electron chi connectivity index (χ1n) is 8.89. The Morgan fingerprint density at radius 3 is 2.46 bits per heavy atom. The molecule has 5 heteroatoms. The van der Waals surface area contributed by atoms with E-state index in [-0.39, 0.29) is 23.3 Å². The van der Waals surface area contributed by atoms with Gasteiger partial charge < -0.3 is 15.0 Å². The second-order valence-electron chi connectivity index (χ2n) is 6.82. The Hall–Kier alpha value is -2.04. The topological polar surface area (TPSA) is 58.6 Å². The first-order valence-corrected chi connectivity index (χ1v) is 8.89. The van der Waals surface area contributed by atoms with Crippen LogP contribution in [0.5, 0.6) is 0 Å². The van der Waals surface area contributed by atoms with Crippen LogP contribution >= 0.6 is 0 Å². The highest BCUT2D eigenvalue weighted by atomic mass is 16.5. The molecule has 5 nitrogen and oxygen atoms in total. The normalized spacial score (nSPS) is 19.6. The average Bonchev–Trinajstić information content (AvgIpc) is 3.42. The van der Waals surface area contributed by atoms with E-state index < -0.39 is 0 Å². The highest BCUT2D eigenvalue weighted by Crippen LogP contribution is 2.47. The summed E-state index contributed by atoms with van der Waals surface area (Å²) < 4.78 is 5.07. The fraction of sp³-hybridized carbons (Fsp3) is 0.579. The number of nitrogens with zero attached hydrogens (tertiary/aromatic N) is 1. The predicted molar refractivity (Wildman–Crippen MR) is 91.7 cm³/mol. The molecule has 2 aliphatic rings. The average molecular weight is 330 g/mol. The zero-order chi connectivity index (χ0) is 17.0. The third kappa shape index (κ3) is 3.71. The van der Waals surface area contributed by atoms with Crippen LogP contribution in [0.15, 0.2) is 30.3 Å². The summed E-state index contributed by atoms with van der Waals surface area (Å²) in [6.07, 6.45) is 3.64. The molecule has 1 N–H and O–H groups in total. The van der Waals surface area contributed by atoms with E-state index in [1.807, 2.05) is 17.9 Å². The number of esters is 1. The van der Waals surface area contributed by atoms with Crippen LogP contribution in [-0.2, 0) is 14.9 Å². The predicted octanol–water partition coefficient (Wildman–Crippen LogP) is 2.70. The monoisotopic (exact) mass is 330 g/mol. The van der Waals surface area contributed by atoms with E-state index in [1.54, 1.807) is 0 Å². The number of hydrogen-bond acceptors (Lipinski definition) is 3. The van der Waals surface area contributed by atoms with Gasteiger partial charge in [0.05, 0.1) is 12.5 Å². The van der Waals surface area contributed by atoms with Crippen LogP contribution in [0.2, 0.25) is 0 Å². The third-order valence-corrected chi connectivity index (χ3v) is 5.22. The van der Waals surface area contributed by atoms with Crippen molar-refractivity contribution in [3.63, 3.8) is 0 Å². The molecule has 0 unspecified atom stereocenters. The molecule has 0 spiro atoms. The van der Waals surface area contributed by atoms with Crippen molar-refractivity contribution in [3.8, 4) is 0 Å². The fourth-order valence-electron chi connectivity index (χ4n) is 3.45. The van der Waals surface area contributed by atoms with Crippen LogP contribution in [0.25, 0.3) is 0 Å². The third-order valence-electron chi connectivity index (χ3n) is 5.22. The summed E-state index contributed by atoms with van der Waals surface area (Å²) in [6.45, 7) is 4.16. The van der Waals surface area contributed by atoms with E-state index in [9.17, 15) is 9.59 Å². The van der Waals surface area contributed by atoms with Gasteiger partial charge in [-0.2, -0.15) is 0 Å². The molecule has 2 amide bonds. The van der Waals surface area contributed by atoms with E-state index in [4.69, 9.17) is 4.74 Å². The van der Waals surface area contributed by atoms with Crippen LogP contribution in [0.1, 0.15) is 38.2 Å². The Bertz CT molecular complexity index is 576. The molecule has 0 atom stereocenters. The number of piperidine rings is 1. The van der Waals surface area contributed by atoms with Gasteiger partial charge in [-0.1, -0.05) is 30.3 Å². The van der Waals surface area contributed by atoms with Gasteiger partial charge in [-0.3, -0.25) is 4.79 Å². The smallest absolute Gasteiger partial charge is 0.317 e. The Morgan fingerprint density at radius 2 is 1.88 bits per heavy atom. The molecule has 3 rings (SSSR count). The standard InChI is InChI=1S/C19H26N2O3/c1-2-24-17(22)15-8-12-21(13-9-15)18(23)20-14-19(10-11-19)16-6-4-3-5-7-16/h3-7,15H,2,8-14H2,1H3,(H,20,23). The van der Waals surface area contributed by atoms with Gasteiger partial charge in [0.1, 0.15) is 0 Å². The second kappa shape index (κ2) is 7.24. The molecular weight excluding hydrogens is 304 g/mol. The van der Waals surface area contributed by atoms with Crippen LogP contribution < -0.4 is 5.32 Å². The highest BCUT2D eigenvalue weighted by Gasteiger charge is 2.44. The minimum Gasteiger partial charge on any atom is -0.466 e. The summed E-state index contributed by atoms with van der Waals surface area (Å²) in [6, 6.07) is 10.4. The van der Waals surface area contributed by atoms with E-state index in [1.165, 1.54) is 5.56 Å². The Labute approximate surface area is 143 Å².